The molecule has 2 aromatic heterocycles. The summed E-state index contributed by atoms with van der Waals surface area (Å²) < 4.78 is 74.4. The lowest BCUT2D eigenvalue weighted by molar-refractivity contribution is -0.140. The Morgan fingerprint density at radius 1 is 1.23 bits per heavy atom. The number of nitrogen functional groups attached to an aromatic ring is 1. The van der Waals surface area contributed by atoms with Crippen LogP contribution in [0.15, 0.2) is 22.7 Å². The molecule has 11 nitrogen and oxygen atoms in total. The fourth-order valence-electron chi connectivity index (χ4n) is 7.94. The zero-order chi connectivity index (χ0) is 37.1. The maximum absolute atomic E-state index is 15.7. The van der Waals surface area contributed by atoms with Crippen LogP contribution in [0.4, 0.5) is 29.1 Å². The lowest BCUT2D eigenvalue weighted by atomic mass is 9.91. The van der Waals surface area contributed by atoms with E-state index in [1.54, 1.807) is 18.8 Å². The minimum Gasteiger partial charge on any atom is -0.461 e. The Morgan fingerprint density at radius 3 is 2.75 bits per heavy atom. The van der Waals surface area contributed by atoms with Gasteiger partial charge in [0.15, 0.2) is 11.5 Å². The number of carbonyl (C=O) groups excluding carboxylic acids is 1. The highest BCUT2D eigenvalue weighted by atomic mass is 79.9. The number of alkyl halides is 3. The van der Waals surface area contributed by atoms with Crippen molar-refractivity contribution in [1.29, 1.82) is 0 Å². The van der Waals surface area contributed by atoms with Crippen LogP contribution in [0.1, 0.15) is 82.8 Å². The molecule has 0 saturated carbocycles. The summed E-state index contributed by atoms with van der Waals surface area (Å²) in [4.78, 5) is 28.4. The van der Waals surface area contributed by atoms with E-state index in [0.29, 0.717) is 54.2 Å². The van der Waals surface area contributed by atoms with Gasteiger partial charge in [-0.05, 0) is 61.1 Å². The molecule has 16 heteroatoms. The first-order valence-corrected chi connectivity index (χ1v) is 17.9. The second kappa shape index (κ2) is 13.7. The predicted octanol–water partition coefficient (Wildman–Crippen LogP) is 5.65. The summed E-state index contributed by atoms with van der Waals surface area (Å²) in [6.07, 6.45) is -3.12. The average molecular weight is 788 g/mol. The van der Waals surface area contributed by atoms with E-state index >= 15 is 4.39 Å². The van der Waals surface area contributed by atoms with Crippen LogP contribution in [0.2, 0.25) is 0 Å². The number of aryl methyl sites for hydroxylation is 1. The summed E-state index contributed by atoms with van der Waals surface area (Å²) in [5.74, 6) is 3.95. The van der Waals surface area contributed by atoms with Gasteiger partial charge in [0, 0.05) is 56.8 Å². The molecule has 276 valence electrons. The monoisotopic (exact) mass is 786 g/mol. The first-order valence-electron chi connectivity index (χ1n) is 17.1. The van der Waals surface area contributed by atoms with Crippen LogP contribution in [-0.2, 0) is 37.0 Å². The molecule has 7 rings (SSSR count). The summed E-state index contributed by atoms with van der Waals surface area (Å²) in [6, 6.07) is 0.972. The maximum Gasteiger partial charge on any atom is 0.418 e. The van der Waals surface area contributed by atoms with Gasteiger partial charge in [-0.2, -0.15) is 28.2 Å². The number of rotatable bonds is 6. The second-order valence-electron chi connectivity index (χ2n) is 14.0. The third kappa shape index (κ3) is 6.40. The van der Waals surface area contributed by atoms with Crippen LogP contribution in [0.5, 0.6) is 6.01 Å². The van der Waals surface area contributed by atoms with Crippen molar-refractivity contribution in [1.82, 2.24) is 29.5 Å². The Hall–Kier alpha value is -4.20. The summed E-state index contributed by atoms with van der Waals surface area (Å²) in [6.45, 7) is 8.83. The van der Waals surface area contributed by atoms with Crippen molar-refractivity contribution in [2.75, 3.05) is 51.0 Å². The minimum atomic E-state index is -4.94. The number of nitrogens with zero attached hydrogens (tertiary/aromatic N) is 7. The van der Waals surface area contributed by atoms with Crippen LogP contribution in [-0.4, -0.2) is 81.3 Å². The fourth-order valence-corrected chi connectivity index (χ4v) is 8.52. The molecule has 52 heavy (non-hydrogen) atoms. The van der Waals surface area contributed by atoms with Crippen molar-refractivity contribution in [3.05, 3.63) is 67.8 Å². The molecule has 3 aromatic rings. The van der Waals surface area contributed by atoms with Crippen molar-refractivity contribution in [3.63, 3.8) is 0 Å². The number of hydrogen-bond acceptors (Lipinski definition) is 9. The van der Waals surface area contributed by atoms with E-state index in [1.165, 1.54) is 11.8 Å². The zero-order valence-electron chi connectivity index (χ0n) is 29.2. The van der Waals surface area contributed by atoms with Crippen LogP contribution in [0.25, 0.3) is 0 Å². The highest BCUT2D eigenvalue weighted by molar-refractivity contribution is 9.10. The lowest BCUT2D eigenvalue weighted by Crippen LogP contribution is -2.43. The second-order valence-corrected chi connectivity index (χ2v) is 14.8. The van der Waals surface area contributed by atoms with Crippen molar-refractivity contribution in [2.24, 2.45) is 0 Å². The van der Waals surface area contributed by atoms with Gasteiger partial charge in [0.2, 0.25) is 0 Å². The van der Waals surface area contributed by atoms with Gasteiger partial charge in [0.1, 0.15) is 12.4 Å². The zero-order valence-corrected chi connectivity index (χ0v) is 30.8. The van der Waals surface area contributed by atoms with Crippen LogP contribution >= 0.6 is 15.9 Å². The molecule has 2 saturated heterocycles. The number of halogens is 5. The van der Waals surface area contributed by atoms with Gasteiger partial charge in [-0.1, -0.05) is 18.1 Å². The molecule has 2 fully saturated rings. The molecular weight excluding hydrogens is 748 g/mol. The van der Waals surface area contributed by atoms with Crippen LogP contribution in [0.3, 0.4) is 0 Å². The molecule has 4 aliphatic heterocycles. The Kier molecular flexibility index (Phi) is 9.50. The third-order valence-corrected chi connectivity index (χ3v) is 11.1. The number of fused-ring (bicyclic) bond motifs is 3. The first-order chi connectivity index (χ1) is 24.7. The van der Waals surface area contributed by atoms with Crippen molar-refractivity contribution < 1.29 is 31.8 Å². The Bertz CT molecular complexity index is 2020. The molecule has 2 N–H and O–H groups in total. The highest BCUT2D eigenvalue weighted by Gasteiger charge is 2.47. The highest BCUT2D eigenvalue weighted by Crippen LogP contribution is 2.45. The average Bonchev–Trinajstić information content (AvgIpc) is 3.66. The fraction of sp³-hybridized carbons (Fsp3) is 0.500. The molecule has 0 aliphatic carbocycles. The van der Waals surface area contributed by atoms with Crippen LogP contribution < -0.4 is 15.4 Å². The number of aromatic nitrogens is 4. The molecule has 6 heterocycles. The normalized spacial score (nSPS) is 21.6. The first kappa shape index (κ1) is 36.2. The summed E-state index contributed by atoms with van der Waals surface area (Å²) in [5, 5.41) is 4.59. The number of ether oxygens (including phenoxy) is 2. The molecule has 1 aromatic carbocycles. The molecule has 2 unspecified atom stereocenters. The van der Waals surface area contributed by atoms with E-state index in [2.05, 4.69) is 44.3 Å². The standard InChI is InChI=1S/C36H39BrF4N8O3/c1-5-8-21-13-23(42)30(38)27(28(21)36(39,40)41)26-14-24-22(18-51-26)32(44-34(43-24)52-19-35-9-6-11-48(35)16-20(2)15-35)47-10-7-12-49-25(17-47)29(37)31(45-49)33(50)46(3)4/h13,26H,2,6-7,9-12,14-19,42H2,1,3-4H3. The molecule has 0 radical (unpaired) electrons. The van der Waals surface area contributed by atoms with Gasteiger partial charge >= 0.3 is 12.2 Å². The van der Waals surface area contributed by atoms with E-state index in [0.717, 1.165) is 49.7 Å². The summed E-state index contributed by atoms with van der Waals surface area (Å²) in [5.41, 5.74) is 5.97. The molecule has 0 spiro atoms. The summed E-state index contributed by atoms with van der Waals surface area (Å²) in [7, 11) is 3.31. The Balaban J connectivity index is 1.30. The third-order valence-electron chi connectivity index (χ3n) is 10.3. The molecule has 2 atom stereocenters. The van der Waals surface area contributed by atoms with E-state index < -0.39 is 40.5 Å². The van der Waals surface area contributed by atoms with E-state index in [1.807, 2.05) is 4.90 Å². The van der Waals surface area contributed by atoms with Gasteiger partial charge in [0.25, 0.3) is 5.91 Å². The molecule has 0 bridgehead atoms. The Labute approximate surface area is 307 Å². The van der Waals surface area contributed by atoms with Gasteiger partial charge < -0.3 is 25.0 Å². The maximum atomic E-state index is 15.7. The van der Waals surface area contributed by atoms with E-state index in [9.17, 15) is 18.0 Å². The molecule has 1 amide bonds. The number of carbonyl (C=O) groups is 1. The van der Waals surface area contributed by atoms with Gasteiger partial charge in [0.05, 0.1) is 51.9 Å². The van der Waals surface area contributed by atoms with Gasteiger partial charge in [-0.25, -0.2) is 4.39 Å². The largest absolute Gasteiger partial charge is 0.461 e. The Morgan fingerprint density at radius 2 is 2.02 bits per heavy atom. The van der Waals surface area contributed by atoms with E-state index in [4.69, 9.17) is 25.2 Å². The number of nitrogens with two attached hydrogens (primary N) is 1. The van der Waals surface area contributed by atoms with Crippen LogP contribution in [0, 0.1) is 17.7 Å². The van der Waals surface area contributed by atoms with Crippen molar-refractivity contribution in [2.45, 2.75) is 76.5 Å². The van der Waals surface area contributed by atoms with E-state index in [-0.39, 0.29) is 36.2 Å². The smallest absolute Gasteiger partial charge is 0.418 e. The number of amides is 1. The molecule has 4 aliphatic rings. The SMILES string of the molecule is C=C1CN2CCCC2(COc2nc3c(c(N4CCCn5nc(C(=O)N(C)C)c(Br)c5C4)n2)COC(c2c(F)c(N)cc(C#CC)c2C(F)(F)F)C3)C1. The quantitative estimate of drug-likeness (QED) is 0.147. The van der Waals surface area contributed by atoms with Crippen molar-refractivity contribution in [3.8, 4) is 17.9 Å². The number of benzene rings is 1. The lowest BCUT2D eigenvalue weighted by Gasteiger charge is -2.33. The van der Waals surface area contributed by atoms with Gasteiger partial charge in [-0.3, -0.25) is 14.4 Å². The minimum absolute atomic E-state index is 0.0649. The number of anilines is 2. The summed E-state index contributed by atoms with van der Waals surface area (Å²) >= 11 is 3.61. The topological polar surface area (TPSA) is 115 Å². The predicted molar refractivity (Wildman–Crippen MR) is 188 cm³/mol. The number of hydrogen-bond donors (Lipinski definition) is 1. The molecular formula is C36H39BrF4N8O3. The van der Waals surface area contributed by atoms with Gasteiger partial charge in [-0.15, -0.1) is 5.92 Å². The van der Waals surface area contributed by atoms with Crippen molar-refractivity contribution >= 4 is 33.3 Å².